The standard InChI is InChI=1S/C31H63/c1-5-9-13-17-19-23-27-30(25-21-15-11-7-3)29-31(26-22-16-12-8-4)28-24-20-18-14-10-6-2/h29-31H,5-28H2,1-4H3. The molecular formula is C31H63. The molecule has 1 radical (unpaired) electrons. The second kappa shape index (κ2) is 26.3. The number of hydrogen-bond donors (Lipinski definition) is 0. The second-order valence-corrected chi connectivity index (χ2v) is 10.5. The normalized spacial score (nSPS) is 13.5. The summed E-state index contributed by atoms with van der Waals surface area (Å²) in [6, 6.07) is 0. The van der Waals surface area contributed by atoms with Crippen molar-refractivity contribution in [3.8, 4) is 0 Å². The first-order valence-corrected chi connectivity index (χ1v) is 15.1. The zero-order valence-electron chi connectivity index (χ0n) is 22.7. The Bertz CT molecular complexity index is 277. The highest BCUT2D eigenvalue weighted by Crippen LogP contribution is 2.30. The van der Waals surface area contributed by atoms with Crippen LogP contribution in [0.15, 0.2) is 0 Å². The van der Waals surface area contributed by atoms with E-state index < -0.39 is 0 Å². The van der Waals surface area contributed by atoms with Crippen molar-refractivity contribution in [2.24, 2.45) is 11.8 Å². The molecule has 2 unspecified atom stereocenters. The van der Waals surface area contributed by atoms with Gasteiger partial charge in [-0.05, 0) is 18.3 Å². The third kappa shape index (κ3) is 23.0. The first-order chi connectivity index (χ1) is 15.3. The smallest absolute Gasteiger partial charge is 0.0324 e. The fourth-order valence-corrected chi connectivity index (χ4v) is 5.10. The fourth-order valence-electron chi connectivity index (χ4n) is 5.10. The summed E-state index contributed by atoms with van der Waals surface area (Å²) in [6.07, 6.45) is 37.5. The van der Waals surface area contributed by atoms with Crippen molar-refractivity contribution in [1.29, 1.82) is 0 Å². The van der Waals surface area contributed by atoms with Gasteiger partial charge in [-0.25, -0.2) is 0 Å². The quantitative estimate of drug-likeness (QED) is 0.118. The Kier molecular flexibility index (Phi) is 26.3. The van der Waals surface area contributed by atoms with Crippen LogP contribution in [-0.2, 0) is 0 Å². The minimum Gasteiger partial charge on any atom is -0.0654 e. The van der Waals surface area contributed by atoms with E-state index in [0.29, 0.717) is 0 Å². The van der Waals surface area contributed by atoms with Crippen LogP contribution < -0.4 is 0 Å². The average Bonchev–Trinajstić information content (AvgIpc) is 2.78. The topological polar surface area (TPSA) is 0 Å². The van der Waals surface area contributed by atoms with Gasteiger partial charge in [0.05, 0.1) is 0 Å². The highest BCUT2D eigenvalue weighted by Gasteiger charge is 2.17. The minimum absolute atomic E-state index is 0.902. The number of rotatable bonds is 26. The molecule has 0 amide bonds. The van der Waals surface area contributed by atoms with Crippen LogP contribution in [0, 0.1) is 18.3 Å². The van der Waals surface area contributed by atoms with Gasteiger partial charge in [0.25, 0.3) is 0 Å². The SMILES string of the molecule is CCCCCCCCC([CH]C(CCCCCC)CCCCCCCC)CCCCCC. The van der Waals surface area contributed by atoms with E-state index in [9.17, 15) is 0 Å². The Morgan fingerprint density at radius 1 is 0.323 bits per heavy atom. The Labute approximate surface area is 200 Å². The van der Waals surface area contributed by atoms with Gasteiger partial charge in [-0.3, -0.25) is 0 Å². The predicted octanol–water partition coefficient (Wildman–Crippen LogP) is 11.9. The minimum atomic E-state index is 0.902. The van der Waals surface area contributed by atoms with Gasteiger partial charge < -0.3 is 0 Å². The largest absolute Gasteiger partial charge is 0.0654 e. The fraction of sp³-hybridized carbons (Fsp3) is 0.968. The van der Waals surface area contributed by atoms with Gasteiger partial charge in [-0.2, -0.15) is 0 Å². The van der Waals surface area contributed by atoms with Gasteiger partial charge in [0, 0.05) is 0 Å². The lowest BCUT2D eigenvalue weighted by molar-refractivity contribution is 0.365. The molecule has 0 N–H and O–H groups in total. The maximum absolute atomic E-state index is 2.88. The van der Waals surface area contributed by atoms with Crippen LogP contribution in [0.25, 0.3) is 0 Å². The van der Waals surface area contributed by atoms with Gasteiger partial charge >= 0.3 is 0 Å². The zero-order valence-corrected chi connectivity index (χ0v) is 22.7. The molecule has 0 saturated carbocycles. The summed E-state index contributed by atoms with van der Waals surface area (Å²) in [5, 5.41) is 0. The van der Waals surface area contributed by atoms with E-state index in [-0.39, 0.29) is 0 Å². The summed E-state index contributed by atoms with van der Waals surface area (Å²) < 4.78 is 0. The molecule has 0 nitrogen and oxygen atoms in total. The summed E-state index contributed by atoms with van der Waals surface area (Å²) in [5.41, 5.74) is 0. The molecule has 0 saturated heterocycles. The van der Waals surface area contributed by atoms with Crippen molar-refractivity contribution in [3.05, 3.63) is 6.42 Å². The summed E-state index contributed by atoms with van der Waals surface area (Å²) in [7, 11) is 0. The molecule has 0 bridgehead atoms. The lowest BCUT2D eigenvalue weighted by Crippen LogP contribution is -2.12. The average molecular weight is 436 g/mol. The van der Waals surface area contributed by atoms with Crippen LogP contribution in [0.1, 0.15) is 182 Å². The van der Waals surface area contributed by atoms with Crippen molar-refractivity contribution in [2.75, 3.05) is 0 Å². The lowest BCUT2D eigenvalue weighted by Gasteiger charge is -2.24. The van der Waals surface area contributed by atoms with Crippen molar-refractivity contribution in [3.63, 3.8) is 0 Å². The zero-order chi connectivity index (χ0) is 22.8. The molecule has 187 valence electrons. The van der Waals surface area contributed by atoms with Gasteiger partial charge in [-0.15, -0.1) is 0 Å². The molecule has 0 heterocycles. The maximum Gasteiger partial charge on any atom is -0.0324 e. The van der Waals surface area contributed by atoms with E-state index in [0.717, 1.165) is 11.8 Å². The molecule has 0 aromatic heterocycles. The van der Waals surface area contributed by atoms with Crippen molar-refractivity contribution < 1.29 is 0 Å². The Hall–Kier alpha value is 0. The van der Waals surface area contributed by atoms with Crippen LogP contribution in [0.5, 0.6) is 0 Å². The molecule has 0 aliphatic heterocycles. The summed E-state index contributed by atoms with van der Waals surface area (Å²) in [6.45, 7) is 9.33. The summed E-state index contributed by atoms with van der Waals surface area (Å²) in [5.74, 6) is 1.80. The van der Waals surface area contributed by atoms with Crippen LogP contribution in [0.3, 0.4) is 0 Å². The molecule has 0 aliphatic carbocycles. The molecule has 0 heteroatoms. The third-order valence-electron chi connectivity index (χ3n) is 7.26. The monoisotopic (exact) mass is 435 g/mol. The lowest BCUT2D eigenvalue weighted by atomic mass is 9.82. The first-order valence-electron chi connectivity index (χ1n) is 15.1. The molecule has 0 fully saturated rings. The Morgan fingerprint density at radius 3 is 0.839 bits per heavy atom. The third-order valence-corrected chi connectivity index (χ3v) is 7.26. The van der Waals surface area contributed by atoms with Gasteiger partial charge in [0.15, 0.2) is 0 Å². The van der Waals surface area contributed by atoms with E-state index in [1.54, 1.807) is 0 Å². The summed E-state index contributed by atoms with van der Waals surface area (Å²) in [4.78, 5) is 0. The molecule has 0 rings (SSSR count). The molecule has 2 atom stereocenters. The number of unbranched alkanes of at least 4 members (excludes halogenated alkanes) is 16. The Morgan fingerprint density at radius 2 is 0.548 bits per heavy atom. The molecule has 0 spiro atoms. The molecular weight excluding hydrogens is 372 g/mol. The molecule has 31 heavy (non-hydrogen) atoms. The second-order valence-electron chi connectivity index (χ2n) is 10.5. The molecule has 0 aromatic rings. The van der Waals surface area contributed by atoms with Crippen LogP contribution in [-0.4, -0.2) is 0 Å². The predicted molar refractivity (Wildman–Crippen MR) is 145 cm³/mol. The Balaban J connectivity index is 4.47. The maximum atomic E-state index is 2.88. The van der Waals surface area contributed by atoms with E-state index in [2.05, 4.69) is 34.1 Å². The van der Waals surface area contributed by atoms with Gasteiger partial charge in [0.2, 0.25) is 0 Å². The van der Waals surface area contributed by atoms with Gasteiger partial charge in [0.1, 0.15) is 0 Å². The van der Waals surface area contributed by atoms with Crippen LogP contribution >= 0.6 is 0 Å². The van der Waals surface area contributed by atoms with Gasteiger partial charge in [-0.1, -0.05) is 182 Å². The van der Waals surface area contributed by atoms with Crippen LogP contribution in [0.2, 0.25) is 0 Å². The van der Waals surface area contributed by atoms with E-state index >= 15 is 0 Å². The van der Waals surface area contributed by atoms with Crippen LogP contribution in [0.4, 0.5) is 0 Å². The summed E-state index contributed by atoms with van der Waals surface area (Å²) >= 11 is 0. The highest BCUT2D eigenvalue weighted by molar-refractivity contribution is 4.84. The first kappa shape index (κ1) is 31.0. The molecule has 0 aliphatic rings. The van der Waals surface area contributed by atoms with E-state index in [1.807, 2.05) is 0 Å². The van der Waals surface area contributed by atoms with Crippen molar-refractivity contribution in [1.82, 2.24) is 0 Å². The van der Waals surface area contributed by atoms with Crippen molar-refractivity contribution in [2.45, 2.75) is 182 Å². The molecule has 0 aromatic carbocycles. The van der Waals surface area contributed by atoms with Crippen molar-refractivity contribution >= 4 is 0 Å². The van der Waals surface area contributed by atoms with E-state index in [1.165, 1.54) is 154 Å². The van der Waals surface area contributed by atoms with E-state index in [4.69, 9.17) is 0 Å². The highest BCUT2D eigenvalue weighted by atomic mass is 14.2. The number of hydrogen-bond acceptors (Lipinski definition) is 0.